The minimum atomic E-state index is -0.188. The lowest BCUT2D eigenvalue weighted by Gasteiger charge is -2.16. The van der Waals surface area contributed by atoms with Crippen molar-refractivity contribution in [1.29, 1.82) is 0 Å². The van der Waals surface area contributed by atoms with Crippen molar-refractivity contribution in [2.75, 3.05) is 10.6 Å². The van der Waals surface area contributed by atoms with Crippen molar-refractivity contribution in [2.45, 2.75) is 19.9 Å². The van der Waals surface area contributed by atoms with Crippen molar-refractivity contribution in [3.05, 3.63) is 83.9 Å². The number of pyridine rings is 2. The van der Waals surface area contributed by atoms with Crippen LogP contribution in [0, 0.1) is 6.92 Å². The van der Waals surface area contributed by atoms with E-state index in [1.54, 1.807) is 24.8 Å². The van der Waals surface area contributed by atoms with Crippen LogP contribution in [-0.4, -0.2) is 25.8 Å². The molecule has 0 aliphatic carbocycles. The molecule has 0 saturated carbocycles. The summed E-state index contributed by atoms with van der Waals surface area (Å²) in [7, 11) is 0. The fraction of sp³-hybridized carbons (Fsp3) is 0.136. The second-order valence-electron chi connectivity index (χ2n) is 6.80. The van der Waals surface area contributed by atoms with Crippen LogP contribution in [0.5, 0.6) is 0 Å². The van der Waals surface area contributed by atoms with E-state index in [2.05, 4.69) is 30.6 Å². The number of carbonyl (C=O) groups excluding carboxylic acids is 1. The van der Waals surface area contributed by atoms with E-state index in [4.69, 9.17) is 0 Å². The summed E-state index contributed by atoms with van der Waals surface area (Å²) in [4.78, 5) is 29.6. The molecule has 0 saturated heterocycles. The predicted octanol–water partition coefficient (Wildman–Crippen LogP) is 4.15. The Balaban J connectivity index is 1.49. The highest BCUT2D eigenvalue weighted by Crippen LogP contribution is 2.22. The zero-order valence-corrected chi connectivity index (χ0v) is 16.1. The van der Waals surface area contributed by atoms with Gasteiger partial charge in [0.1, 0.15) is 11.3 Å². The maximum absolute atomic E-state index is 12.5. The average molecular weight is 384 g/mol. The summed E-state index contributed by atoms with van der Waals surface area (Å²) in [5, 5.41) is 6.27. The maximum atomic E-state index is 12.5. The number of carbonyl (C=O) groups is 1. The second kappa shape index (κ2) is 8.02. The van der Waals surface area contributed by atoms with Gasteiger partial charge < -0.3 is 10.6 Å². The molecule has 1 atom stereocenters. The molecule has 3 aromatic heterocycles. The lowest BCUT2D eigenvalue weighted by atomic mass is 10.1. The van der Waals surface area contributed by atoms with Crippen LogP contribution >= 0.6 is 0 Å². The molecule has 0 aliphatic rings. The van der Waals surface area contributed by atoms with Crippen LogP contribution in [0.15, 0.2) is 67.3 Å². The summed E-state index contributed by atoms with van der Waals surface area (Å²) in [5.74, 6) is 0.477. The SMILES string of the molecule is Cc1cncc(C(=O)Nc2cccc([C@H](C)Nc3cnc4ncccc4n3)c2)c1. The van der Waals surface area contributed by atoms with Gasteiger partial charge in [0.25, 0.3) is 5.91 Å². The number of rotatable bonds is 5. The van der Waals surface area contributed by atoms with Crippen LogP contribution in [0.25, 0.3) is 11.2 Å². The zero-order chi connectivity index (χ0) is 20.2. The standard InChI is InChI=1S/C22H20N6O/c1-14-9-17(12-23-11-14)22(29)27-18-6-3-5-16(10-18)15(2)26-20-13-25-21-19(28-20)7-4-8-24-21/h3-13,15H,1-2H3,(H,26,28)(H,27,29)/t15-/m0/s1. The molecule has 0 unspecified atom stereocenters. The minimum Gasteiger partial charge on any atom is -0.362 e. The molecular weight excluding hydrogens is 364 g/mol. The van der Waals surface area contributed by atoms with Crippen molar-refractivity contribution >= 4 is 28.6 Å². The topological polar surface area (TPSA) is 92.7 Å². The Kier molecular flexibility index (Phi) is 5.11. The monoisotopic (exact) mass is 384 g/mol. The van der Waals surface area contributed by atoms with E-state index in [1.807, 2.05) is 56.3 Å². The number of hydrogen-bond acceptors (Lipinski definition) is 6. The lowest BCUT2D eigenvalue weighted by Crippen LogP contribution is -2.13. The molecule has 144 valence electrons. The average Bonchev–Trinajstić information content (AvgIpc) is 2.74. The lowest BCUT2D eigenvalue weighted by molar-refractivity contribution is 0.102. The Hall–Kier alpha value is -3.87. The predicted molar refractivity (Wildman–Crippen MR) is 113 cm³/mol. The van der Waals surface area contributed by atoms with Gasteiger partial charge in [0.2, 0.25) is 0 Å². The third-order valence-corrected chi connectivity index (χ3v) is 4.46. The molecule has 4 rings (SSSR count). The van der Waals surface area contributed by atoms with Crippen molar-refractivity contribution in [3.63, 3.8) is 0 Å². The number of nitrogens with zero attached hydrogens (tertiary/aromatic N) is 4. The molecule has 0 bridgehead atoms. The van der Waals surface area contributed by atoms with Gasteiger partial charge in [-0.1, -0.05) is 12.1 Å². The first-order chi connectivity index (χ1) is 14.1. The summed E-state index contributed by atoms with van der Waals surface area (Å²) in [6, 6.07) is 13.2. The summed E-state index contributed by atoms with van der Waals surface area (Å²) < 4.78 is 0. The summed E-state index contributed by atoms with van der Waals surface area (Å²) in [5.41, 5.74) is 4.55. The van der Waals surface area contributed by atoms with Crippen LogP contribution in [0.4, 0.5) is 11.5 Å². The van der Waals surface area contributed by atoms with E-state index in [-0.39, 0.29) is 11.9 Å². The molecule has 1 amide bonds. The Bertz CT molecular complexity index is 1180. The molecular formula is C22H20N6O. The molecule has 7 heteroatoms. The van der Waals surface area contributed by atoms with Gasteiger partial charge in [0, 0.05) is 24.3 Å². The van der Waals surface area contributed by atoms with E-state index in [0.29, 0.717) is 17.0 Å². The molecule has 1 aromatic carbocycles. The third-order valence-electron chi connectivity index (χ3n) is 4.46. The summed E-state index contributed by atoms with van der Waals surface area (Å²) >= 11 is 0. The number of hydrogen-bond donors (Lipinski definition) is 2. The van der Waals surface area contributed by atoms with Gasteiger partial charge in [-0.2, -0.15) is 0 Å². The van der Waals surface area contributed by atoms with Gasteiger partial charge in [-0.3, -0.25) is 9.78 Å². The molecule has 0 fully saturated rings. The Labute approximate surface area is 168 Å². The van der Waals surface area contributed by atoms with Gasteiger partial charge in [0.15, 0.2) is 5.65 Å². The third kappa shape index (κ3) is 4.35. The normalized spacial score (nSPS) is 11.8. The molecule has 4 aromatic rings. The Morgan fingerprint density at radius 3 is 2.79 bits per heavy atom. The van der Waals surface area contributed by atoms with Gasteiger partial charge in [0.05, 0.1) is 17.8 Å². The molecule has 29 heavy (non-hydrogen) atoms. The first kappa shape index (κ1) is 18.5. The van der Waals surface area contributed by atoms with E-state index < -0.39 is 0 Å². The smallest absolute Gasteiger partial charge is 0.257 e. The minimum absolute atomic E-state index is 0.0316. The second-order valence-corrected chi connectivity index (χ2v) is 6.80. The largest absolute Gasteiger partial charge is 0.362 e. The fourth-order valence-corrected chi connectivity index (χ4v) is 3.00. The zero-order valence-electron chi connectivity index (χ0n) is 16.1. The highest BCUT2D eigenvalue weighted by Gasteiger charge is 2.11. The van der Waals surface area contributed by atoms with Crippen LogP contribution in [0.3, 0.4) is 0 Å². The van der Waals surface area contributed by atoms with Gasteiger partial charge in [-0.15, -0.1) is 0 Å². The van der Waals surface area contributed by atoms with Crippen molar-refractivity contribution in [2.24, 2.45) is 0 Å². The summed E-state index contributed by atoms with van der Waals surface area (Å²) in [6.07, 6.45) is 6.64. The van der Waals surface area contributed by atoms with Crippen LogP contribution in [0.2, 0.25) is 0 Å². The van der Waals surface area contributed by atoms with Gasteiger partial charge in [-0.25, -0.2) is 15.0 Å². The molecule has 0 radical (unpaired) electrons. The highest BCUT2D eigenvalue weighted by atomic mass is 16.1. The van der Waals surface area contributed by atoms with Crippen molar-refractivity contribution in [1.82, 2.24) is 19.9 Å². The van der Waals surface area contributed by atoms with Crippen LogP contribution in [-0.2, 0) is 0 Å². The number of anilines is 2. The number of aromatic nitrogens is 4. The fourth-order valence-electron chi connectivity index (χ4n) is 3.00. The maximum Gasteiger partial charge on any atom is 0.257 e. The van der Waals surface area contributed by atoms with E-state index in [0.717, 1.165) is 22.3 Å². The molecule has 2 N–H and O–H groups in total. The molecule has 0 spiro atoms. The van der Waals surface area contributed by atoms with Crippen LogP contribution < -0.4 is 10.6 Å². The van der Waals surface area contributed by atoms with E-state index in [9.17, 15) is 4.79 Å². The first-order valence-electron chi connectivity index (χ1n) is 9.26. The van der Waals surface area contributed by atoms with Crippen LogP contribution in [0.1, 0.15) is 34.5 Å². The first-order valence-corrected chi connectivity index (χ1v) is 9.26. The van der Waals surface area contributed by atoms with Gasteiger partial charge >= 0.3 is 0 Å². The molecule has 0 aliphatic heterocycles. The Morgan fingerprint density at radius 1 is 1.03 bits per heavy atom. The number of nitrogens with one attached hydrogen (secondary N) is 2. The number of fused-ring (bicyclic) bond motifs is 1. The van der Waals surface area contributed by atoms with Gasteiger partial charge in [-0.05, 0) is 55.3 Å². The molecule has 7 nitrogen and oxygen atoms in total. The van der Waals surface area contributed by atoms with Crippen molar-refractivity contribution in [3.8, 4) is 0 Å². The van der Waals surface area contributed by atoms with E-state index >= 15 is 0 Å². The van der Waals surface area contributed by atoms with E-state index in [1.165, 1.54) is 0 Å². The highest BCUT2D eigenvalue weighted by molar-refractivity contribution is 6.04. The quantitative estimate of drug-likeness (QED) is 0.537. The number of amides is 1. The Morgan fingerprint density at radius 2 is 1.93 bits per heavy atom. The summed E-state index contributed by atoms with van der Waals surface area (Å²) in [6.45, 7) is 3.93. The van der Waals surface area contributed by atoms with Crippen molar-refractivity contribution < 1.29 is 4.79 Å². The molecule has 3 heterocycles. The number of benzene rings is 1. The number of aryl methyl sites for hydroxylation is 1.